The summed E-state index contributed by atoms with van der Waals surface area (Å²) in [5.41, 5.74) is 2.73. The van der Waals surface area contributed by atoms with Crippen LogP contribution in [0.1, 0.15) is 48.0 Å². The largest absolute Gasteiger partial charge is 0.340 e. The molecule has 1 atom stereocenters. The van der Waals surface area contributed by atoms with Gasteiger partial charge in [-0.25, -0.2) is 0 Å². The summed E-state index contributed by atoms with van der Waals surface area (Å²) in [4.78, 5) is 18.3. The minimum absolute atomic E-state index is 0.129. The molecule has 1 aromatic heterocycles. The Kier molecular flexibility index (Phi) is 4.22. The number of nitrogens with zero attached hydrogens (tertiary/aromatic N) is 3. The summed E-state index contributed by atoms with van der Waals surface area (Å²) in [5.74, 6) is 1.53. The van der Waals surface area contributed by atoms with E-state index in [2.05, 4.69) is 34.4 Å². The first-order chi connectivity index (χ1) is 10.6. The lowest BCUT2D eigenvalue weighted by Crippen LogP contribution is -2.28. The lowest BCUT2D eigenvalue weighted by molar-refractivity contribution is -0.131. The first kappa shape index (κ1) is 14.8. The Morgan fingerprint density at radius 1 is 1.41 bits per heavy atom. The molecule has 1 aliphatic carbocycles. The van der Waals surface area contributed by atoms with Gasteiger partial charge in [0.25, 0.3) is 0 Å². The minimum Gasteiger partial charge on any atom is -0.340 e. The van der Waals surface area contributed by atoms with Gasteiger partial charge in [-0.15, -0.1) is 0 Å². The third-order valence-corrected chi connectivity index (χ3v) is 4.29. The monoisotopic (exact) mass is 299 g/mol. The molecule has 5 nitrogen and oxygen atoms in total. The number of amides is 1. The first-order valence-corrected chi connectivity index (χ1v) is 7.74. The number of rotatable bonds is 4. The lowest BCUT2D eigenvalue weighted by Gasteiger charge is -2.26. The zero-order valence-corrected chi connectivity index (χ0v) is 13.1. The smallest absolute Gasteiger partial charge is 0.223 e. The Morgan fingerprint density at radius 2 is 2.23 bits per heavy atom. The molecule has 0 aliphatic heterocycles. The molecule has 1 aliphatic rings. The molecule has 3 rings (SSSR count). The van der Waals surface area contributed by atoms with Gasteiger partial charge in [0.1, 0.15) is 0 Å². The molecule has 1 amide bonds. The maximum atomic E-state index is 12.5. The second-order valence-electron chi connectivity index (χ2n) is 5.97. The zero-order valence-electron chi connectivity index (χ0n) is 13.1. The maximum Gasteiger partial charge on any atom is 0.223 e. The summed E-state index contributed by atoms with van der Waals surface area (Å²) in [7, 11) is 1.79. The molecule has 0 fully saturated rings. The number of carbonyl (C=O) groups excluding carboxylic acids is 1. The van der Waals surface area contributed by atoms with E-state index in [0.717, 1.165) is 19.3 Å². The van der Waals surface area contributed by atoms with Crippen LogP contribution in [0.4, 0.5) is 0 Å². The third kappa shape index (κ3) is 3.18. The number of carbonyl (C=O) groups is 1. The molecule has 2 aromatic rings. The number of aromatic nitrogens is 2. The maximum absolute atomic E-state index is 12.5. The SMILES string of the molecule is Cc1nc(CN(C)C(=O)CC2CCCc3ccccc32)no1. The number of benzene rings is 1. The van der Waals surface area contributed by atoms with Crippen molar-refractivity contribution in [1.29, 1.82) is 0 Å². The van der Waals surface area contributed by atoms with Crippen LogP contribution >= 0.6 is 0 Å². The van der Waals surface area contributed by atoms with Crippen LogP contribution in [0.2, 0.25) is 0 Å². The van der Waals surface area contributed by atoms with E-state index in [1.165, 1.54) is 11.1 Å². The van der Waals surface area contributed by atoms with E-state index in [1.54, 1.807) is 18.9 Å². The van der Waals surface area contributed by atoms with Crippen molar-refractivity contribution in [1.82, 2.24) is 15.0 Å². The third-order valence-electron chi connectivity index (χ3n) is 4.29. The van der Waals surface area contributed by atoms with Gasteiger partial charge in [0, 0.05) is 20.4 Å². The van der Waals surface area contributed by atoms with Crippen molar-refractivity contribution in [3.63, 3.8) is 0 Å². The Bertz CT molecular complexity index is 665. The van der Waals surface area contributed by atoms with Crippen LogP contribution in [0, 0.1) is 6.92 Å². The highest BCUT2D eigenvalue weighted by atomic mass is 16.5. The molecule has 22 heavy (non-hydrogen) atoms. The van der Waals surface area contributed by atoms with Crippen LogP contribution in [0.5, 0.6) is 0 Å². The summed E-state index contributed by atoms with van der Waals surface area (Å²) in [5, 5.41) is 3.84. The number of hydrogen-bond acceptors (Lipinski definition) is 4. The van der Waals surface area contributed by atoms with Gasteiger partial charge in [0.2, 0.25) is 11.8 Å². The first-order valence-electron chi connectivity index (χ1n) is 7.74. The van der Waals surface area contributed by atoms with E-state index in [-0.39, 0.29) is 5.91 Å². The Labute approximate surface area is 130 Å². The van der Waals surface area contributed by atoms with Gasteiger partial charge in [-0.3, -0.25) is 4.79 Å². The number of aryl methyl sites for hydroxylation is 2. The van der Waals surface area contributed by atoms with E-state index >= 15 is 0 Å². The normalized spacial score (nSPS) is 17.1. The fraction of sp³-hybridized carbons (Fsp3) is 0.471. The molecule has 0 bridgehead atoms. The minimum atomic E-state index is 0.129. The van der Waals surface area contributed by atoms with Crippen molar-refractivity contribution in [2.24, 2.45) is 0 Å². The molecule has 1 heterocycles. The van der Waals surface area contributed by atoms with Gasteiger partial charge >= 0.3 is 0 Å². The Morgan fingerprint density at radius 3 is 3.00 bits per heavy atom. The molecule has 0 spiro atoms. The summed E-state index contributed by atoms with van der Waals surface area (Å²) in [6.07, 6.45) is 3.91. The second-order valence-corrected chi connectivity index (χ2v) is 5.97. The molecule has 0 saturated heterocycles. The fourth-order valence-corrected chi connectivity index (χ4v) is 3.14. The summed E-state index contributed by atoms with van der Waals surface area (Å²) in [6, 6.07) is 8.48. The van der Waals surface area contributed by atoms with Gasteiger partial charge in [-0.05, 0) is 36.3 Å². The van der Waals surface area contributed by atoms with Gasteiger partial charge in [-0.1, -0.05) is 29.4 Å². The average molecular weight is 299 g/mol. The average Bonchev–Trinajstić information content (AvgIpc) is 2.92. The molecule has 0 N–H and O–H groups in total. The molecule has 0 radical (unpaired) electrons. The van der Waals surface area contributed by atoms with Crippen LogP contribution in [0.3, 0.4) is 0 Å². The molecular weight excluding hydrogens is 278 g/mol. The molecule has 1 aromatic carbocycles. The second kappa shape index (κ2) is 6.30. The highest BCUT2D eigenvalue weighted by Gasteiger charge is 2.24. The molecule has 0 saturated carbocycles. The lowest BCUT2D eigenvalue weighted by atomic mass is 9.81. The highest BCUT2D eigenvalue weighted by Crippen LogP contribution is 2.34. The predicted molar refractivity (Wildman–Crippen MR) is 82.2 cm³/mol. The summed E-state index contributed by atoms with van der Waals surface area (Å²) in [6.45, 7) is 2.14. The van der Waals surface area contributed by atoms with E-state index in [0.29, 0.717) is 30.6 Å². The van der Waals surface area contributed by atoms with Crippen molar-refractivity contribution >= 4 is 5.91 Å². The van der Waals surface area contributed by atoms with Crippen LogP contribution < -0.4 is 0 Å². The highest BCUT2D eigenvalue weighted by molar-refractivity contribution is 5.77. The van der Waals surface area contributed by atoms with Crippen molar-refractivity contribution < 1.29 is 9.32 Å². The quantitative estimate of drug-likeness (QED) is 0.871. The van der Waals surface area contributed by atoms with Gasteiger partial charge in [0.05, 0.1) is 6.54 Å². The fourth-order valence-electron chi connectivity index (χ4n) is 3.14. The molecule has 1 unspecified atom stereocenters. The van der Waals surface area contributed by atoms with Crippen molar-refractivity contribution in [2.75, 3.05) is 7.05 Å². The van der Waals surface area contributed by atoms with Crippen molar-refractivity contribution in [3.8, 4) is 0 Å². The Hall–Kier alpha value is -2.17. The van der Waals surface area contributed by atoms with Gasteiger partial charge in [0.15, 0.2) is 5.82 Å². The van der Waals surface area contributed by atoms with E-state index in [9.17, 15) is 4.79 Å². The molecule has 116 valence electrons. The standard InChI is InChI=1S/C17H21N3O2/c1-12-18-16(19-22-12)11-20(2)17(21)10-14-8-5-7-13-6-3-4-9-15(13)14/h3-4,6,9,14H,5,7-8,10-11H2,1-2H3. The topological polar surface area (TPSA) is 59.2 Å². The number of hydrogen-bond donors (Lipinski definition) is 0. The van der Waals surface area contributed by atoms with E-state index < -0.39 is 0 Å². The molecule has 5 heteroatoms. The van der Waals surface area contributed by atoms with Crippen LogP contribution in [-0.2, 0) is 17.8 Å². The molecular formula is C17H21N3O2. The van der Waals surface area contributed by atoms with Crippen molar-refractivity contribution in [3.05, 3.63) is 47.1 Å². The van der Waals surface area contributed by atoms with Crippen LogP contribution in [0.15, 0.2) is 28.8 Å². The van der Waals surface area contributed by atoms with Crippen molar-refractivity contribution in [2.45, 2.75) is 45.1 Å². The number of fused-ring (bicyclic) bond motifs is 1. The van der Waals surface area contributed by atoms with Crippen LogP contribution in [-0.4, -0.2) is 28.0 Å². The summed E-state index contributed by atoms with van der Waals surface area (Å²) >= 11 is 0. The summed E-state index contributed by atoms with van der Waals surface area (Å²) < 4.78 is 4.94. The van der Waals surface area contributed by atoms with E-state index in [4.69, 9.17) is 4.52 Å². The van der Waals surface area contributed by atoms with E-state index in [1.807, 2.05) is 0 Å². The van der Waals surface area contributed by atoms with Crippen LogP contribution in [0.25, 0.3) is 0 Å². The van der Waals surface area contributed by atoms with Gasteiger partial charge in [-0.2, -0.15) is 4.98 Å². The predicted octanol–water partition coefficient (Wildman–Crippen LogP) is 2.85. The van der Waals surface area contributed by atoms with Gasteiger partial charge < -0.3 is 9.42 Å². The Balaban J connectivity index is 1.64. The zero-order chi connectivity index (χ0) is 15.5.